The minimum atomic E-state index is 0. The van der Waals surface area contributed by atoms with Crippen LogP contribution >= 0.6 is 0 Å². The Bertz CT molecular complexity index is 150. The molecule has 0 radical (unpaired) electrons. The van der Waals surface area contributed by atoms with Gasteiger partial charge in [-0.3, -0.25) is 0 Å². The fourth-order valence-electron chi connectivity index (χ4n) is 0.504. The van der Waals surface area contributed by atoms with Crippen molar-refractivity contribution in [1.82, 2.24) is 0 Å². The molecule has 0 saturated heterocycles. The Morgan fingerprint density at radius 3 is 2.67 bits per heavy atom. The van der Waals surface area contributed by atoms with E-state index in [0.29, 0.717) is 0 Å². The maximum absolute atomic E-state index is 4.88. The smallest absolute Gasteiger partial charge is 0.0606 e. The van der Waals surface area contributed by atoms with Gasteiger partial charge in [0, 0.05) is 26.8 Å². The van der Waals surface area contributed by atoms with Gasteiger partial charge in [0.25, 0.3) is 0 Å². The van der Waals surface area contributed by atoms with Crippen LogP contribution in [0.1, 0.15) is 0 Å². The molecular formula is C7H7OPt-. The quantitative estimate of drug-likeness (QED) is 0.714. The van der Waals surface area contributed by atoms with Crippen LogP contribution in [0, 0.1) is 6.07 Å². The fraction of sp³-hybridized carbons (Fsp3) is 0.143. The van der Waals surface area contributed by atoms with Crippen molar-refractivity contribution in [3.8, 4) is 5.75 Å². The van der Waals surface area contributed by atoms with Crippen molar-refractivity contribution in [2.24, 2.45) is 0 Å². The third kappa shape index (κ3) is 2.66. The molecule has 0 aromatic heterocycles. The second-order valence-electron chi connectivity index (χ2n) is 1.44. The summed E-state index contributed by atoms with van der Waals surface area (Å²) in [6.07, 6.45) is 0. The van der Waals surface area contributed by atoms with E-state index in [9.17, 15) is 0 Å². The van der Waals surface area contributed by atoms with Crippen LogP contribution in [0.2, 0.25) is 0 Å². The third-order valence-corrected chi connectivity index (χ3v) is 0.914. The molecule has 0 heterocycles. The molecule has 1 nitrogen and oxygen atoms in total. The first-order valence-electron chi connectivity index (χ1n) is 2.43. The van der Waals surface area contributed by atoms with Crippen molar-refractivity contribution in [1.29, 1.82) is 0 Å². The van der Waals surface area contributed by atoms with Crippen LogP contribution in [0.25, 0.3) is 0 Å². The Morgan fingerprint density at radius 2 is 2.33 bits per heavy atom. The summed E-state index contributed by atoms with van der Waals surface area (Å²) in [5, 5.41) is 0. The van der Waals surface area contributed by atoms with E-state index < -0.39 is 0 Å². The Morgan fingerprint density at radius 1 is 1.56 bits per heavy atom. The fourth-order valence-corrected chi connectivity index (χ4v) is 0.504. The molecule has 9 heavy (non-hydrogen) atoms. The molecule has 0 N–H and O–H groups in total. The molecule has 0 unspecified atom stereocenters. The van der Waals surface area contributed by atoms with Gasteiger partial charge in [-0.25, -0.2) is 0 Å². The van der Waals surface area contributed by atoms with Gasteiger partial charge in [-0.15, -0.1) is 12.1 Å². The predicted molar refractivity (Wildman–Crippen MR) is 31.8 cm³/mol. The topological polar surface area (TPSA) is 9.23 Å². The second kappa shape index (κ2) is 4.57. The van der Waals surface area contributed by atoms with E-state index in [1.807, 2.05) is 18.2 Å². The van der Waals surface area contributed by atoms with Crippen LogP contribution in [0.15, 0.2) is 24.3 Å². The molecule has 0 amide bonds. The Labute approximate surface area is 69.3 Å². The van der Waals surface area contributed by atoms with Crippen molar-refractivity contribution < 1.29 is 25.8 Å². The first-order valence-corrected chi connectivity index (χ1v) is 2.43. The van der Waals surface area contributed by atoms with E-state index in [1.165, 1.54) is 0 Å². The standard InChI is InChI=1S/C7H7O.Pt/c1-8-7-5-3-2-4-6-7;/h2-3,5-6H,1H3;/q-1;. The van der Waals surface area contributed by atoms with Gasteiger partial charge in [0.05, 0.1) is 7.11 Å². The van der Waals surface area contributed by atoms with E-state index in [2.05, 4.69) is 6.07 Å². The summed E-state index contributed by atoms with van der Waals surface area (Å²) in [4.78, 5) is 0. The van der Waals surface area contributed by atoms with Gasteiger partial charge in [-0.2, -0.15) is 18.2 Å². The molecule has 1 aromatic rings. The van der Waals surface area contributed by atoms with Crippen molar-refractivity contribution >= 4 is 0 Å². The number of hydrogen-bond donors (Lipinski definition) is 0. The Hall–Kier alpha value is -0.292. The van der Waals surface area contributed by atoms with Crippen LogP contribution in [0.4, 0.5) is 0 Å². The van der Waals surface area contributed by atoms with Gasteiger partial charge in [0.1, 0.15) is 0 Å². The van der Waals surface area contributed by atoms with Crippen LogP contribution in [-0.4, -0.2) is 7.11 Å². The van der Waals surface area contributed by atoms with E-state index >= 15 is 0 Å². The van der Waals surface area contributed by atoms with Gasteiger partial charge in [0.15, 0.2) is 0 Å². The number of hydrogen-bond acceptors (Lipinski definition) is 1. The molecule has 1 aromatic carbocycles. The summed E-state index contributed by atoms with van der Waals surface area (Å²) < 4.78 is 4.88. The molecule has 0 bridgehead atoms. The number of rotatable bonds is 1. The SMILES string of the molecule is COc1c[c-]ccc1.[Pt]. The van der Waals surface area contributed by atoms with Gasteiger partial charge in [-0.1, -0.05) is 0 Å². The van der Waals surface area contributed by atoms with Crippen LogP contribution in [-0.2, 0) is 21.1 Å². The Kier molecular flexibility index (Phi) is 4.43. The molecule has 0 atom stereocenters. The molecule has 52 valence electrons. The molecule has 0 spiro atoms. The molecule has 0 aliphatic carbocycles. The van der Waals surface area contributed by atoms with Crippen LogP contribution in [0.3, 0.4) is 0 Å². The van der Waals surface area contributed by atoms with Crippen LogP contribution in [0.5, 0.6) is 5.75 Å². The summed E-state index contributed by atoms with van der Waals surface area (Å²) in [6.45, 7) is 0. The largest absolute Gasteiger partial charge is 0.554 e. The van der Waals surface area contributed by atoms with E-state index in [4.69, 9.17) is 4.74 Å². The Balaban J connectivity index is 0.000000640. The first-order chi connectivity index (χ1) is 3.93. The van der Waals surface area contributed by atoms with E-state index in [-0.39, 0.29) is 21.1 Å². The average Bonchev–Trinajstić information content (AvgIpc) is 1.90. The second-order valence-corrected chi connectivity index (χ2v) is 1.44. The van der Waals surface area contributed by atoms with Crippen LogP contribution < -0.4 is 4.74 Å². The molecule has 0 fully saturated rings. The van der Waals surface area contributed by atoms with Crippen molar-refractivity contribution in [2.45, 2.75) is 0 Å². The number of methoxy groups -OCH3 is 1. The van der Waals surface area contributed by atoms with Gasteiger partial charge in [0.2, 0.25) is 0 Å². The monoisotopic (exact) mass is 302 g/mol. The number of ether oxygens (including phenoxy) is 1. The predicted octanol–water partition coefficient (Wildman–Crippen LogP) is 1.49. The third-order valence-electron chi connectivity index (χ3n) is 0.914. The maximum Gasteiger partial charge on any atom is 0.0606 e. The minimum absolute atomic E-state index is 0. The number of benzene rings is 1. The zero-order valence-electron chi connectivity index (χ0n) is 5.03. The van der Waals surface area contributed by atoms with Crippen molar-refractivity contribution in [2.75, 3.05) is 7.11 Å². The molecular weight excluding hydrogens is 295 g/mol. The van der Waals surface area contributed by atoms with Crippen molar-refractivity contribution in [3.63, 3.8) is 0 Å². The summed E-state index contributed by atoms with van der Waals surface area (Å²) in [5.74, 6) is 0.854. The van der Waals surface area contributed by atoms with E-state index in [1.54, 1.807) is 13.2 Å². The normalized spacial score (nSPS) is 7.67. The maximum atomic E-state index is 4.88. The van der Waals surface area contributed by atoms with E-state index in [0.717, 1.165) is 5.75 Å². The molecule has 2 heteroatoms. The first kappa shape index (κ1) is 8.71. The summed E-state index contributed by atoms with van der Waals surface area (Å²) in [5.41, 5.74) is 0. The van der Waals surface area contributed by atoms with Gasteiger partial charge >= 0.3 is 0 Å². The zero-order valence-corrected chi connectivity index (χ0v) is 7.31. The summed E-state index contributed by atoms with van der Waals surface area (Å²) >= 11 is 0. The summed E-state index contributed by atoms with van der Waals surface area (Å²) in [6, 6.07) is 10.3. The summed E-state index contributed by atoms with van der Waals surface area (Å²) in [7, 11) is 1.64. The van der Waals surface area contributed by atoms with Crippen molar-refractivity contribution in [3.05, 3.63) is 30.3 Å². The zero-order chi connectivity index (χ0) is 5.82. The van der Waals surface area contributed by atoms with Gasteiger partial charge < -0.3 is 4.74 Å². The average molecular weight is 302 g/mol. The molecule has 1 rings (SSSR count). The molecule has 0 saturated carbocycles. The molecule has 0 aliphatic rings. The molecule has 0 aliphatic heterocycles. The van der Waals surface area contributed by atoms with Gasteiger partial charge in [-0.05, 0) is 0 Å². The minimum Gasteiger partial charge on any atom is -0.554 e.